The van der Waals surface area contributed by atoms with Gasteiger partial charge in [0, 0.05) is 25.2 Å². The van der Waals surface area contributed by atoms with Crippen LogP contribution in [0.1, 0.15) is 24.8 Å². The van der Waals surface area contributed by atoms with Gasteiger partial charge < -0.3 is 20.1 Å². The number of benzene rings is 1. The monoisotopic (exact) mass is 394 g/mol. The summed E-state index contributed by atoms with van der Waals surface area (Å²) in [7, 11) is 0. The van der Waals surface area contributed by atoms with Crippen molar-refractivity contribution < 1.29 is 22.6 Å². The Morgan fingerprint density at radius 1 is 1.19 bits per heavy atom. The summed E-state index contributed by atoms with van der Waals surface area (Å²) >= 11 is 0. The van der Waals surface area contributed by atoms with E-state index in [1.807, 2.05) is 12.1 Å². The third-order valence-electron chi connectivity index (χ3n) is 4.93. The molecule has 4 nitrogen and oxygen atoms in total. The summed E-state index contributed by atoms with van der Waals surface area (Å²) in [6.07, 6.45) is -0.752. The minimum Gasteiger partial charge on any atom is -0.484 e. The number of rotatable bonds is 6. The average molecular weight is 395 g/mol. The summed E-state index contributed by atoms with van der Waals surface area (Å²) in [5, 5.41) is 7.15. The minimum atomic E-state index is -4.31. The molecule has 2 aliphatic rings. The molecule has 1 aliphatic carbocycles. The fourth-order valence-electron chi connectivity index (χ4n) is 3.70. The molecule has 1 saturated heterocycles. The Kier molecular flexibility index (Phi) is 8.01. The molecule has 3 rings (SSSR count). The van der Waals surface area contributed by atoms with Crippen LogP contribution in [0.5, 0.6) is 5.75 Å². The first-order valence-electron chi connectivity index (χ1n) is 8.84. The number of halogens is 4. The van der Waals surface area contributed by atoms with E-state index in [4.69, 9.17) is 9.47 Å². The predicted molar refractivity (Wildman–Crippen MR) is 95.8 cm³/mol. The van der Waals surface area contributed by atoms with Gasteiger partial charge in [-0.15, -0.1) is 12.4 Å². The maximum absolute atomic E-state index is 12.2. The molecule has 1 aliphatic heterocycles. The van der Waals surface area contributed by atoms with Crippen molar-refractivity contribution in [1.82, 2.24) is 10.6 Å². The SMILES string of the molecule is Cl.FC(F)(F)COc1ccc(CNC2CCCC2C2COCCN2)cc1. The van der Waals surface area contributed by atoms with Crippen LogP contribution in [-0.2, 0) is 11.3 Å². The number of morpholine rings is 1. The number of alkyl halides is 3. The molecular weight excluding hydrogens is 369 g/mol. The molecule has 3 unspecified atom stereocenters. The molecule has 1 aromatic carbocycles. The van der Waals surface area contributed by atoms with Gasteiger partial charge in [-0.05, 0) is 36.5 Å². The van der Waals surface area contributed by atoms with Crippen molar-refractivity contribution in [3.63, 3.8) is 0 Å². The van der Waals surface area contributed by atoms with Crippen molar-refractivity contribution in [1.29, 1.82) is 0 Å². The molecule has 26 heavy (non-hydrogen) atoms. The lowest BCUT2D eigenvalue weighted by Gasteiger charge is -2.33. The summed E-state index contributed by atoms with van der Waals surface area (Å²) in [6, 6.07) is 7.65. The molecule has 2 N–H and O–H groups in total. The second kappa shape index (κ2) is 9.78. The van der Waals surface area contributed by atoms with Crippen LogP contribution in [0.15, 0.2) is 24.3 Å². The fraction of sp³-hybridized carbons (Fsp3) is 0.667. The van der Waals surface area contributed by atoms with Gasteiger partial charge in [-0.2, -0.15) is 13.2 Å². The molecule has 0 spiro atoms. The van der Waals surface area contributed by atoms with Gasteiger partial charge in [-0.25, -0.2) is 0 Å². The third-order valence-corrected chi connectivity index (χ3v) is 4.93. The summed E-state index contributed by atoms with van der Waals surface area (Å²) in [6.45, 7) is 1.91. The lowest BCUT2D eigenvalue weighted by Crippen LogP contribution is -2.50. The Morgan fingerprint density at radius 3 is 2.62 bits per heavy atom. The Morgan fingerprint density at radius 2 is 1.96 bits per heavy atom. The number of nitrogens with one attached hydrogen (secondary N) is 2. The van der Waals surface area contributed by atoms with E-state index < -0.39 is 12.8 Å². The third kappa shape index (κ3) is 6.30. The first kappa shape index (κ1) is 21.3. The predicted octanol–water partition coefficient (Wildman–Crippen LogP) is 3.30. The molecule has 1 heterocycles. The maximum Gasteiger partial charge on any atom is 0.422 e. The van der Waals surface area contributed by atoms with Crippen molar-refractivity contribution in [2.45, 2.75) is 44.1 Å². The molecule has 0 bridgehead atoms. The van der Waals surface area contributed by atoms with E-state index in [1.165, 1.54) is 12.8 Å². The van der Waals surface area contributed by atoms with Crippen molar-refractivity contribution >= 4 is 12.4 Å². The fourth-order valence-corrected chi connectivity index (χ4v) is 3.70. The van der Waals surface area contributed by atoms with Crippen molar-refractivity contribution in [2.75, 3.05) is 26.4 Å². The smallest absolute Gasteiger partial charge is 0.422 e. The van der Waals surface area contributed by atoms with E-state index in [2.05, 4.69) is 10.6 Å². The highest BCUT2D eigenvalue weighted by Gasteiger charge is 2.34. The van der Waals surface area contributed by atoms with Gasteiger partial charge in [0.2, 0.25) is 0 Å². The lowest BCUT2D eigenvalue weighted by atomic mass is 9.94. The quantitative estimate of drug-likeness (QED) is 0.777. The van der Waals surface area contributed by atoms with Crippen LogP contribution in [0, 0.1) is 5.92 Å². The van der Waals surface area contributed by atoms with E-state index in [0.29, 0.717) is 24.5 Å². The Labute approximate surface area is 158 Å². The molecule has 0 radical (unpaired) electrons. The first-order valence-corrected chi connectivity index (χ1v) is 8.84. The molecule has 8 heteroatoms. The number of hydrogen-bond donors (Lipinski definition) is 2. The highest BCUT2D eigenvalue weighted by molar-refractivity contribution is 5.85. The van der Waals surface area contributed by atoms with E-state index in [-0.39, 0.29) is 18.2 Å². The average Bonchev–Trinajstić information content (AvgIpc) is 3.08. The van der Waals surface area contributed by atoms with Crippen LogP contribution in [0.2, 0.25) is 0 Å². The normalized spacial score (nSPS) is 26.3. The molecule has 0 amide bonds. The van der Waals surface area contributed by atoms with Gasteiger partial charge in [0.05, 0.1) is 13.2 Å². The summed E-state index contributed by atoms with van der Waals surface area (Å²) in [4.78, 5) is 0. The van der Waals surface area contributed by atoms with Gasteiger partial charge in [0.15, 0.2) is 6.61 Å². The van der Waals surface area contributed by atoms with E-state index in [9.17, 15) is 13.2 Å². The second-order valence-electron chi connectivity index (χ2n) is 6.77. The Hall–Kier alpha value is -1.02. The first-order chi connectivity index (χ1) is 12.0. The molecule has 0 aromatic heterocycles. The zero-order valence-corrected chi connectivity index (χ0v) is 15.4. The molecule has 3 atom stereocenters. The van der Waals surface area contributed by atoms with E-state index >= 15 is 0 Å². The van der Waals surface area contributed by atoms with Crippen LogP contribution < -0.4 is 15.4 Å². The summed E-state index contributed by atoms with van der Waals surface area (Å²) < 4.78 is 46.8. The zero-order chi connectivity index (χ0) is 17.7. The van der Waals surface area contributed by atoms with Crippen molar-refractivity contribution in [2.24, 2.45) is 5.92 Å². The number of ether oxygens (including phenoxy) is 2. The Balaban J connectivity index is 0.00000243. The molecule has 1 saturated carbocycles. The standard InChI is InChI=1S/C18H25F3N2O2.ClH/c19-18(20,21)12-25-14-6-4-13(5-7-14)10-23-16-3-1-2-15(16)17-11-24-9-8-22-17;/h4-7,15-17,22-23H,1-3,8-12H2;1H. The largest absolute Gasteiger partial charge is 0.484 e. The zero-order valence-electron chi connectivity index (χ0n) is 14.6. The highest BCUT2D eigenvalue weighted by atomic mass is 35.5. The van der Waals surface area contributed by atoms with Crippen molar-refractivity contribution in [3.8, 4) is 5.75 Å². The van der Waals surface area contributed by atoms with E-state index in [1.54, 1.807) is 12.1 Å². The molecule has 1 aromatic rings. The molecule has 148 valence electrons. The lowest BCUT2D eigenvalue weighted by molar-refractivity contribution is -0.153. The van der Waals surface area contributed by atoms with Crippen LogP contribution in [0.4, 0.5) is 13.2 Å². The van der Waals surface area contributed by atoms with E-state index in [0.717, 1.165) is 31.7 Å². The van der Waals surface area contributed by atoms with Crippen LogP contribution >= 0.6 is 12.4 Å². The maximum atomic E-state index is 12.2. The van der Waals surface area contributed by atoms with Gasteiger partial charge in [0.25, 0.3) is 0 Å². The Bertz CT molecular complexity index is 536. The van der Waals surface area contributed by atoms with Gasteiger partial charge in [0.1, 0.15) is 5.75 Å². The number of hydrogen-bond acceptors (Lipinski definition) is 4. The van der Waals surface area contributed by atoms with Crippen LogP contribution in [-0.4, -0.2) is 44.6 Å². The van der Waals surface area contributed by atoms with Gasteiger partial charge in [-0.1, -0.05) is 18.6 Å². The minimum absolute atomic E-state index is 0. The van der Waals surface area contributed by atoms with Crippen LogP contribution in [0.3, 0.4) is 0 Å². The van der Waals surface area contributed by atoms with Crippen LogP contribution in [0.25, 0.3) is 0 Å². The topological polar surface area (TPSA) is 42.5 Å². The summed E-state index contributed by atoms with van der Waals surface area (Å²) in [5.41, 5.74) is 1.04. The molecule has 2 fully saturated rings. The van der Waals surface area contributed by atoms with Gasteiger partial charge >= 0.3 is 6.18 Å². The van der Waals surface area contributed by atoms with Crippen molar-refractivity contribution in [3.05, 3.63) is 29.8 Å². The van der Waals surface area contributed by atoms with Gasteiger partial charge in [-0.3, -0.25) is 0 Å². The molecular formula is C18H26ClF3N2O2. The highest BCUT2D eigenvalue weighted by Crippen LogP contribution is 2.29. The second-order valence-corrected chi connectivity index (χ2v) is 6.77. The summed E-state index contributed by atoms with van der Waals surface area (Å²) in [5.74, 6) is 0.804.